The third-order valence-corrected chi connectivity index (χ3v) is 2.91. The molecule has 7 heteroatoms. The molecule has 0 spiro atoms. The van der Waals surface area contributed by atoms with Gasteiger partial charge in [0, 0.05) is 12.8 Å². The summed E-state index contributed by atoms with van der Waals surface area (Å²) in [5.74, 6) is 0. The van der Waals surface area contributed by atoms with E-state index in [0.717, 1.165) is 12.8 Å². The van der Waals surface area contributed by atoms with Gasteiger partial charge in [-0.25, -0.2) is 20.1 Å². The quantitative estimate of drug-likeness (QED) is 0.445. The number of hydroxylamine groups is 4. The van der Waals surface area contributed by atoms with Crippen LogP contribution >= 0.6 is 0 Å². The molecule has 0 aromatic rings. The zero-order valence-electron chi connectivity index (χ0n) is 9.48. The average Bonchev–Trinajstić information content (AvgIpc) is 2.35. The van der Waals surface area contributed by atoms with Gasteiger partial charge in [0.15, 0.2) is 12.1 Å². The monoisotopic (exact) mass is 236 g/mol. The number of aliphatic hydroxyl groups is 1. The molecule has 0 aliphatic heterocycles. The Kier molecular flexibility index (Phi) is 6.14. The fourth-order valence-corrected chi connectivity index (χ4v) is 2.10. The summed E-state index contributed by atoms with van der Waals surface area (Å²) < 4.78 is 0. The predicted octanol–water partition coefficient (Wildman–Crippen LogP) is -2.45. The Labute approximate surface area is 94.6 Å². The van der Waals surface area contributed by atoms with Gasteiger partial charge in [-0.1, -0.05) is 0 Å². The lowest BCUT2D eigenvalue weighted by molar-refractivity contribution is -1.13. The predicted molar refractivity (Wildman–Crippen MR) is 54.8 cm³/mol. The zero-order chi connectivity index (χ0) is 12.0. The SMILES string of the molecule is CO[NH+]([O-])C1CCCCC1[NH+]([O-])OCCO. The first kappa shape index (κ1) is 13.8. The molecule has 3 N–H and O–H groups in total. The highest BCUT2D eigenvalue weighted by Crippen LogP contribution is 2.14. The van der Waals surface area contributed by atoms with Gasteiger partial charge in [0.05, 0.1) is 13.7 Å². The van der Waals surface area contributed by atoms with Crippen LogP contribution in [0.3, 0.4) is 0 Å². The number of hydrogen-bond acceptors (Lipinski definition) is 5. The summed E-state index contributed by atoms with van der Waals surface area (Å²) in [6.45, 7) is -0.204. The molecule has 0 bridgehead atoms. The van der Waals surface area contributed by atoms with Crippen LogP contribution in [0.4, 0.5) is 0 Å². The van der Waals surface area contributed by atoms with Crippen molar-refractivity contribution in [1.29, 1.82) is 0 Å². The zero-order valence-corrected chi connectivity index (χ0v) is 9.48. The minimum atomic E-state index is -0.409. The van der Waals surface area contributed by atoms with Crippen molar-refractivity contribution < 1.29 is 25.2 Å². The maximum Gasteiger partial charge on any atom is 0.172 e. The van der Waals surface area contributed by atoms with E-state index in [9.17, 15) is 10.4 Å². The Balaban J connectivity index is 2.51. The summed E-state index contributed by atoms with van der Waals surface area (Å²) in [7, 11) is 1.33. The van der Waals surface area contributed by atoms with Crippen molar-refractivity contribution in [3.63, 3.8) is 0 Å². The van der Waals surface area contributed by atoms with Crippen LogP contribution in [-0.2, 0) is 9.68 Å². The van der Waals surface area contributed by atoms with Crippen molar-refractivity contribution in [2.75, 3.05) is 20.3 Å². The molecular weight excluding hydrogens is 216 g/mol. The van der Waals surface area contributed by atoms with Crippen molar-refractivity contribution in [1.82, 2.24) is 0 Å². The van der Waals surface area contributed by atoms with Gasteiger partial charge in [-0.3, -0.25) is 0 Å². The van der Waals surface area contributed by atoms with Gasteiger partial charge in [-0.05, 0) is 12.8 Å². The van der Waals surface area contributed by atoms with Crippen LogP contribution in [0, 0.1) is 10.4 Å². The number of aliphatic hydroxyl groups excluding tert-OH is 1. The highest BCUT2D eigenvalue weighted by atomic mass is 16.9. The van der Waals surface area contributed by atoms with Gasteiger partial charge in [-0.15, -0.1) is 0 Å². The van der Waals surface area contributed by atoms with Gasteiger partial charge in [0.2, 0.25) is 0 Å². The molecular formula is C9H20N2O5. The van der Waals surface area contributed by atoms with Crippen molar-refractivity contribution >= 4 is 0 Å². The largest absolute Gasteiger partial charge is 0.599 e. The number of hydrogen-bond donors (Lipinski definition) is 3. The topological polar surface area (TPSA) is 93.7 Å². The molecule has 0 radical (unpaired) electrons. The normalized spacial score (nSPS) is 30.0. The highest BCUT2D eigenvalue weighted by Gasteiger charge is 2.36. The molecule has 1 saturated carbocycles. The molecule has 0 aromatic carbocycles. The standard InChI is InChI=1S/C9H20N2O5/c1-15-10(13)8-4-2-3-5-9(8)11(14)16-7-6-12/h8-12H,2-7H2,1H3. The van der Waals surface area contributed by atoms with Gasteiger partial charge in [-0.2, -0.15) is 0 Å². The molecule has 0 saturated heterocycles. The van der Waals surface area contributed by atoms with Crippen molar-refractivity contribution in [3.8, 4) is 0 Å². The first-order chi connectivity index (χ1) is 7.70. The van der Waals surface area contributed by atoms with Gasteiger partial charge < -0.3 is 15.5 Å². The Hall–Kier alpha value is -0.280. The molecule has 1 aliphatic carbocycles. The van der Waals surface area contributed by atoms with E-state index in [0.29, 0.717) is 12.8 Å². The Bertz CT molecular complexity index is 195. The number of rotatable bonds is 6. The van der Waals surface area contributed by atoms with E-state index in [1.54, 1.807) is 0 Å². The maximum atomic E-state index is 11.6. The van der Waals surface area contributed by atoms with Crippen LogP contribution in [-0.4, -0.2) is 37.5 Å². The molecule has 0 heterocycles. The Morgan fingerprint density at radius 2 is 1.75 bits per heavy atom. The number of quaternary nitrogens is 2. The minimum Gasteiger partial charge on any atom is -0.599 e. The molecule has 1 aliphatic rings. The summed E-state index contributed by atoms with van der Waals surface area (Å²) >= 11 is 0. The molecule has 1 rings (SSSR count). The van der Waals surface area contributed by atoms with E-state index < -0.39 is 11.3 Å². The molecule has 4 unspecified atom stereocenters. The van der Waals surface area contributed by atoms with Crippen molar-refractivity contribution in [3.05, 3.63) is 10.4 Å². The first-order valence-corrected chi connectivity index (χ1v) is 5.56. The van der Waals surface area contributed by atoms with Crippen molar-refractivity contribution in [2.45, 2.75) is 37.8 Å². The second-order valence-electron chi connectivity index (χ2n) is 3.91. The molecule has 96 valence electrons. The van der Waals surface area contributed by atoms with Crippen LogP contribution in [0.2, 0.25) is 0 Å². The lowest BCUT2D eigenvalue weighted by atomic mass is 9.91. The third kappa shape index (κ3) is 3.63. The summed E-state index contributed by atoms with van der Waals surface area (Å²) in [4.78, 5) is 9.54. The van der Waals surface area contributed by atoms with E-state index in [2.05, 4.69) is 4.84 Å². The minimum absolute atomic E-state index is 0.0107. The molecule has 16 heavy (non-hydrogen) atoms. The van der Waals surface area contributed by atoms with E-state index in [4.69, 9.17) is 9.94 Å². The fourth-order valence-electron chi connectivity index (χ4n) is 2.10. The Morgan fingerprint density at radius 1 is 1.19 bits per heavy atom. The highest BCUT2D eigenvalue weighted by molar-refractivity contribution is 4.73. The van der Waals surface area contributed by atoms with Gasteiger partial charge in [0.25, 0.3) is 0 Å². The van der Waals surface area contributed by atoms with Crippen LogP contribution in [0.5, 0.6) is 0 Å². The second kappa shape index (κ2) is 7.13. The lowest BCUT2D eigenvalue weighted by Crippen LogP contribution is -3.21. The molecule has 1 fully saturated rings. The van der Waals surface area contributed by atoms with E-state index in [1.807, 2.05) is 0 Å². The lowest BCUT2D eigenvalue weighted by Gasteiger charge is -2.39. The van der Waals surface area contributed by atoms with Crippen LogP contribution < -0.4 is 10.5 Å². The van der Waals surface area contributed by atoms with E-state index >= 15 is 0 Å². The second-order valence-corrected chi connectivity index (χ2v) is 3.91. The fraction of sp³-hybridized carbons (Fsp3) is 1.00. The summed E-state index contributed by atoms with van der Waals surface area (Å²) in [6.07, 6.45) is 3.19. The summed E-state index contributed by atoms with van der Waals surface area (Å²) in [6, 6.07) is -0.794. The third-order valence-electron chi connectivity index (χ3n) is 2.91. The van der Waals surface area contributed by atoms with Crippen LogP contribution in [0.1, 0.15) is 25.7 Å². The van der Waals surface area contributed by atoms with E-state index in [-0.39, 0.29) is 24.5 Å². The molecule has 0 amide bonds. The first-order valence-electron chi connectivity index (χ1n) is 5.56. The number of nitrogens with one attached hydrogen (secondary N) is 2. The van der Waals surface area contributed by atoms with Crippen LogP contribution in [0.15, 0.2) is 0 Å². The van der Waals surface area contributed by atoms with E-state index in [1.165, 1.54) is 7.11 Å². The smallest absolute Gasteiger partial charge is 0.172 e. The average molecular weight is 236 g/mol. The Morgan fingerprint density at radius 3 is 2.25 bits per heavy atom. The van der Waals surface area contributed by atoms with Crippen molar-refractivity contribution in [2.24, 2.45) is 0 Å². The molecule has 4 atom stereocenters. The van der Waals surface area contributed by atoms with Gasteiger partial charge >= 0.3 is 0 Å². The molecule has 0 aromatic heterocycles. The maximum absolute atomic E-state index is 11.6. The summed E-state index contributed by atoms with van der Waals surface area (Å²) in [5.41, 5.74) is 0. The molecule has 7 nitrogen and oxygen atoms in total. The summed E-state index contributed by atoms with van der Waals surface area (Å²) in [5, 5.41) is 30.9. The van der Waals surface area contributed by atoms with Gasteiger partial charge in [0.1, 0.15) is 6.61 Å². The van der Waals surface area contributed by atoms with Crippen LogP contribution in [0.25, 0.3) is 0 Å².